The second-order valence-electron chi connectivity index (χ2n) is 9.02. The van der Waals surface area contributed by atoms with E-state index >= 15 is 0 Å². The summed E-state index contributed by atoms with van der Waals surface area (Å²) in [5.74, 6) is 0.0571. The molecule has 0 spiro atoms. The van der Waals surface area contributed by atoms with Crippen LogP contribution >= 0.6 is 35.3 Å². The highest BCUT2D eigenvalue weighted by Gasteiger charge is 2.30. The highest BCUT2D eigenvalue weighted by molar-refractivity contribution is 8.00. The molecule has 2 atom stereocenters. The summed E-state index contributed by atoms with van der Waals surface area (Å²) in [6.45, 7) is 4.20. The number of rotatable bonds is 8. The number of carbonyl (C=O) groups excluding carboxylic acids is 2. The Morgan fingerprint density at radius 1 is 1.11 bits per heavy atom. The summed E-state index contributed by atoms with van der Waals surface area (Å²) < 4.78 is 5.06. The molecule has 0 fully saturated rings. The molecule has 2 aromatic carbocycles. The third-order valence-electron chi connectivity index (χ3n) is 6.20. The maximum Gasteiger partial charge on any atom is 0.341 e. The lowest BCUT2D eigenvalue weighted by molar-refractivity contribution is -0.115. The average Bonchev–Trinajstić information content (AvgIpc) is 3.24. The highest BCUT2D eigenvalue weighted by atomic mass is 32.2. The van der Waals surface area contributed by atoms with Gasteiger partial charge in [0.2, 0.25) is 5.91 Å². The lowest BCUT2D eigenvalue weighted by Crippen LogP contribution is -2.25. The van der Waals surface area contributed by atoms with Crippen LogP contribution in [0.2, 0.25) is 0 Å². The van der Waals surface area contributed by atoms with Crippen molar-refractivity contribution in [1.82, 2.24) is 0 Å². The van der Waals surface area contributed by atoms with Crippen LogP contribution < -0.4 is 16.0 Å². The number of benzene rings is 2. The van der Waals surface area contributed by atoms with Crippen LogP contribution in [0.15, 0.2) is 59.5 Å². The van der Waals surface area contributed by atoms with Gasteiger partial charge in [0.15, 0.2) is 5.11 Å². The van der Waals surface area contributed by atoms with Gasteiger partial charge in [0, 0.05) is 21.1 Å². The summed E-state index contributed by atoms with van der Waals surface area (Å²) >= 11 is 8.44. The second-order valence-corrected chi connectivity index (χ2v) is 11.8. The van der Waals surface area contributed by atoms with Crippen LogP contribution in [0.3, 0.4) is 0 Å². The second kappa shape index (κ2) is 12.6. The zero-order chi connectivity index (χ0) is 26.4. The molecule has 2 unspecified atom stereocenters. The summed E-state index contributed by atoms with van der Waals surface area (Å²) in [7, 11) is 1.39. The van der Waals surface area contributed by atoms with Crippen molar-refractivity contribution in [3.63, 3.8) is 0 Å². The van der Waals surface area contributed by atoms with Gasteiger partial charge < -0.3 is 20.7 Å². The third kappa shape index (κ3) is 6.91. The average molecular weight is 554 g/mol. The summed E-state index contributed by atoms with van der Waals surface area (Å²) in [4.78, 5) is 28.1. The van der Waals surface area contributed by atoms with Crippen LogP contribution in [0.1, 0.15) is 47.5 Å². The van der Waals surface area contributed by atoms with E-state index in [4.69, 9.17) is 17.0 Å². The van der Waals surface area contributed by atoms with E-state index in [1.54, 1.807) is 0 Å². The van der Waals surface area contributed by atoms with E-state index in [2.05, 4.69) is 22.9 Å². The molecule has 0 saturated carbocycles. The number of hydrogen-bond donors (Lipinski definition) is 3. The van der Waals surface area contributed by atoms with Crippen molar-refractivity contribution in [1.29, 1.82) is 0 Å². The fourth-order valence-electron chi connectivity index (χ4n) is 4.30. The van der Waals surface area contributed by atoms with Crippen LogP contribution in [-0.2, 0) is 22.4 Å². The summed E-state index contributed by atoms with van der Waals surface area (Å²) in [6.07, 6.45) is 3.42. The molecule has 0 radical (unpaired) electrons. The van der Waals surface area contributed by atoms with Crippen molar-refractivity contribution >= 4 is 68.7 Å². The zero-order valence-electron chi connectivity index (χ0n) is 21.1. The quantitative estimate of drug-likeness (QED) is 0.158. The van der Waals surface area contributed by atoms with Crippen molar-refractivity contribution in [3.8, 4) is 0 Å². The monoisotopic (exact) mass is 553 g/mol. The first-order valence-corrected chi connectivity index (χ1v) is 14.4. The minimum Gasteiger partial charge on any atom is -0.465 e. The Morgan fingerprint density at radius 2 is 1.84 bits per heavy atom. The van der Waals surface area contributed by atoms with Crippen LogP contribution in [0.25, 0.3) is 0 Å². The Balaban J connectivity index is 1.44. The molecule has 1 amide bonds. The van der Waals surface area contributed by atoms with E-state index < -0.39 is 0 Å². The lowest BCUT2D eigenvalue weighted by Gasteiger charge is -2.18. The van der Waals surface area contributed by atoms with E-state index in [9.17, 15) is 9.59 Å². The Bertz CT molecular complexity index is 1280. The maximum atomic E-state index is 13.3. The van der Waals surface area contributed by atoms with Crippen molar-refractivity contribution in [2.24, 2.45) is 5.92 Å². The van der Waals surface area contributed by atoms with Crippen LogP contribution in [0.4, 0.5) is 16.4 Å². The first-order valence-electron chi connectivity index (χ1n) is 12.3. The molecule has 194 valence electrons. The minimum atomic E-state index is -0.387. The van der Waals surface area contributed by atoms with Crippen molar-refractivity contribution in [3.05, 3.63) is 70.6 Å². The van der Waals surface area contributed by atoms with Gasteiger partial charge in [0.25, 0.3) is 0 Å². The molecule has 1 aliphatic carbocycles. The van der Waals surface area contributed by atoms with Gasteiger partial charge in [-0.3, -0.25) is 4.79 Å². The number of thiocarbonyl (C=S) groups is 1. The van der Waals surface area contributed by atoms with Crippen LogP contribution in [0, 0.1) is 5.92 Å². The van der Waals surface area contributed by atoms with Gasteiger partial charge in [-0.05, 0) is 79.7 Å². The summed E-state index contributed by atoms with van der Waals surface area (Å²) in [5.41, 5.74) is 3.30. The number of anilines is 3. The predicted molar refractivity (Wildman–Crippen MR) is 158 cm³/mol. The molecule has 37 heavy (non-hydrogen) atoms. The molecule has 3 aromatic rings. The van der Waals surface area contributed by atoms with Gasteiger partial charge in [-0.2, -0.15) is 0 Å². The van der Waals surface area contributed by atoms with E-state index in [1.807, 2.05) is 61.5 Å². The number of thiophene rings is 1. The van der Waals surface area contributed by atoms with E-state index in [1.165, 1.54) is 35.1 Å². The minimum absolute atomic E-state index is 0.121. The first-order chi connectivity index (χ1) is 17.9. The van der Waals surface area contributed by atoms with Crippen LogP contribution in [0.5, 0.6) is 0 Å². The standard InChI is InChI=1S/C28H31N3O3S3/c1-4-22(25(32)31-26-24(27(33)34-3)21-14-13-17(2)15-23(21)37-26)36-20-12-8-11-19(16-20)30-28(35)29-18-9-6-5-7-10-18/h5-12,16-17,22H,4,13-15H2,1-3H3,(H,31,32)(H2,29,30,35). The maximum absolute atomic E-state index is 13.3. The van der Waals surface area contributed by atoms with Crippen molar-refractivity contribution < 1.29 is 14.3 Å². The summed E-state index contributed by atoms with van der Waals surface area (Å²) in [6, 6.07) is 17.5. The molecule has 3 N–H and O–H groups in total. The van der Waals surface area contributed by atoms with Crippen molar-refractivity contribution in [2.45, 2.75) is 49.7 Å². The topological polar surface area (TPSA) is 79.5 Å². The SMILES string of the molecule is CCC(Sc1cccc(NC(=S)Nc2ccccc2)c1)C(=O)Nc1sc2c(c1C(=O)OC)CCC(C)C2. The van der Waals surface area contributed by atoms with Gasteiger partial charge in [-0.15, -0.1) is 23.1 Å². The number of amides is 1. The highest BCUT2D eigenvalue weighted by Crippen LogP contribution is 2.40. The molecule has 0 bridgehead atoms. The number of nitrogens with one attached hydrogen (secondary N) is 3. The van der Waals surface area contributed by atoms with Crippen LogP contribution in [-0.4, -0.2) is 29.3 Å². The van der Waals surface area contributed by atoms with Crippen molar-refractivity contribution in [2.75, 3.05) is 23.1 Å². The smallest absolute Gasteiger partial charge is 0.341 e. The van der Waals surface area contributed by atoms with Gasteiger partial charge in [0.05, 0.1) is 17.9 Å². The van der Waals surface area contributed by atoms with Gasteiger partial charge in [-0.1, -0.05) is 38.1 Å². The number of thioether (sulfide) groups is 1. The number of hydrogen-bond acceptors (Lipinski definition) is 6. The van der Waals surface area contributed by atoms with E-state index in [0.717, 1.165) is 41.1 Å². The molecule has 1 aliphatic rings. The Labute approximate surface area is 231 Å². The van der Waals surface area contributed by atoms with Gasteiger partial charge >= 0.3 is 5.97 Å². The van der Waals surface area contributed by atoms with E-state index in [-0.39, 0.29) is 17.1 Å². The molecule has 0 aliphatic heterocycles. The molecular formula is C28H31N3O3S3. The Hall–Kier alpha value is -2.88. The fraction of sp³-hybridized carbons (Fsp3) is 0.321. The fourth-order valence-corrected chi connectivity index (χ4v) is 6.95. The van der Waals surface area contributed by atoms with Gasteiger partial charge in [-0.25, -0.2) is 4.79 Å². The molecule has 6 nitrogen and oxygen atoms in total. The normalized spacial score (nSPS) is 15.3. The number of esters is 1. The molecular weight excluding hydrogens is 523 g/mol. The van der Waals surface area contributed by atoms with E-state index in [0.29, 0.717) is 28.0 Å². The molecule has 1 heterocycles. The third-order valence-corrected chi connectivity index (χ3v) is 8.93. The largest absolute Gasteiger partial charge is 0.465 e. The molecule has 1 aromatic heterocycles. The Kier molecular flexibility index (Phi) is 9.23. The zero-order valence-corrected chi connectivity index (χ0v) is 23.6. The predicted octanol–water partition coefficient (Wildman–Crippen LogP) is 6.98. The lowest BCUT2D eigenvalue weighted by atomic mass is 9.88. The number of ether oxygens (including phenoxy) is 1. The number of carbonyl (C=O) groups is 2. The first kappa shape index (κ1) is 27.2. The van der Waals surface area contributed by atoms with Gasteiger partial charge in [0.1, 0.15) is 5.00 Å². The summed E-state index contributed by atoms with van der Waals surface area (Å²) in [5, 5.41) is 10.2. The number of fused-ring (bicyclic) bond motifs is 1. The molecule has 0 saturated heterocycles. The Morgan fingerprint density at radius 3 is 2.57 bits per heavy atom. The molecule has 9 heteroatoms. The number of para-hydroxylation sites is 1. The number of methoxy groups -OCH3 is 1. The molecule has 4 rings (SSSR count).